The zero-order chi connectivity index (χ0) is 14.2. The Bertz CT molecular complexity index is 575. The van der Waals surface area contributed by atoms with Crippen LogP contribution in [-0.4, -0.2) is 33.2 Å². The van der Waals surface area contributed by atoms with Gasteiger partial charge in [0.15, 0.2) is 0 Å². The van der Waals surface area contributed by atoms with Gasteiger partial charge < -0.3 is 5.73 Å². The molecule has 0 aromatic carbocycles. The molecule has 1 aliphatic heterocycles. The van der Waals surface area contributed by atoms with Crippen molar-refractivity contribution < 1.29 is 0 Å². The first-order valence-electron chi connectivity index (χ1n) is 6.64. The van der Waals surface area contributed by atoms with Crippen LogP contribution < -0.4 is 17.0 Å². The summed E-state index contributed by atoms with van der Waals surface area (Å²) in [4.78, 5) is 25.8. The number of piperidine rings is 1. The Hall–Kier alpha value is -1.40. The summed E-state index contributed by atoms with van der Waals surface area (Å²) in [5, 5.41) is 0. The van der Waals surface area contributed by atoms with Crippen LogP contribution in [0.1, 0.15) is 19.0 Å². The van der Waals surface area contributed by atoms with E-state index in [4.69, 9.17) is 5.73 Å². The lowest BCUT2D eigenvalue weighted by Crippen LogP contribution is -2.46. The molecule has 6 heteroatoms. The van der Waals surface area contributed by atoms with Crippen molar-refractivity contribution >= 4 is 0 Å². The zero-order valence-electron chi connectivity index (χ0n) is 11.8. The second-order valence-corrected chi connectivity index (χ2v) is 5.54. The van der Waals surface area contributed by atoms with Gasteiger partial charge in [-0.15, -0.1) is 0 Å². The molecule has 1 fully saturated rings. The molecule has 19 heavy (non-hydrogen) atoms. The van der Waals surface area contributed by atoms with Crippen LogP contribution in [0.15, 0.2) is 15.7 Å². The third kappa shape index (κ3) is 2.79. The highest BCUT2D eigenvalue weighted by Crippen LogP contribution is 2.16. The molecule has 0 amide bonds. The molecule has 0 spiro atoms. The molecule has 2 rings (SSSR count). The molecule has 106 valence electrons. The molecule has 1 saturated heterocycles. The van der Waals surface area contributed by atoms with Crippen molar-refractivity contribution in [3.63, 3.8) is 0 Å². The first-order chi connectivity index (χ1) is 8.90. The minimum absolute atomic E-state index is 0.250. The number of rotatable bonds is 2. The van der Waals surface area contributed by atoms with E-state index >= 15 is 0 Å². The zero-order valence-corrected chi connectivity index (χ0v) is 11.8. The number of nitrogens with two attached hydrogens (primary N) is 1. The van der Waals surface area contributed by atoms with Crippen LogP contribution in [0.2, 0.25) is 0 Å². The van der Waals surface area contributed by atoms with Crippen molar-refractivity contribution in [3.05, 3.63) is 32.6 Å². The monoisotopic (exact) mass is 266 g/mol. The van der Waals surface area contributed by atoms with E-state index < -0.39 is 0 Å². The molecule has 6 nitrogen and oxygen atoms in total. The molecule has 1 aromatic rings. The van der Waals surface area contributed by atoms with Crippen molar-refractivity contribution in [2.75, 3.05) is 13.1 Å². The highest BCUT2D eigenvalue weighted by atomic mass is 16.2. The molecule has 1 aromatic heterocycles. The van der Waals surface area contributed by atoms with Gasteiger partial charge in [0.25, 0.3) is 5.56 Å². The topological polar surface area (TPSA) is 73.3 Å². The van der Waals surface area contributed by atoms with Crippen LogP contribution in [0.4, 0.5) is 0 Å². The van der Waals surface area contributed by atoms with Gasteiger partial charge >= 0.3 is 5.69 Å². The fourth-order valence-electron chi connectivity index (χ4n) is 2.55. The van der Waals surface area contributed by atoms with Crippen molar-refractivity contribution in [3.8, 4) is 0 Å². The highest BCUT2D eigenvalue weighted by Gasteiger charge is 2.23. The second kappa shape index (κ2) is 5.30. The predicted octanol–water partition coefficient (Wildman–Crippen LogP) is -0.747. The van der Waals surface area contributed by atoms with Crippen LogP contribution >= 0.6 is 0 Å². The van der Waals surface area contributed by atoms with Crippen LogP contribution in [0.5, 0.6) is 0 Å². The summed E-state index contributed by atoms with van der Waals surface area (Å²) in [6.07, 6.45) is 0.958. The van der Waals surface area contributed by atoms with Crippen LogP contribution in [0.25, 0.3) is 0 Å². The Morgan fingerprint density at radius 3 is 2.63 bits per heavy atom. The Labute approximate surface area is 112 Å². The largest absolute Gasteiger partial charge is 0.330 e. The fourth-order valence-corrected chi connectivity index (χ4v) is 2.55. The van der Waals surface area contributed by atoms with Crippen molar-refractivity contribution in [1.29, 1.82) is 0 Å². The van der Waals surface area contributed by atoms with E-state index in [1.54, 1.807) is 17.7 Å². The molecule has 0 radical (unpaired) electrons. The van der Waals surface area contributed by atoms with Crippen LogP contribution in [0, 0.1) is 5.92 Å². The highest BCUT2D eigenvalue weighted by molar-refractivity contribution is 5.02. The van der Waals surface area contributed by atoms with Gasteiger partial charge in [-0.3, -0.25) is 18.8 Å². The predicted molar refractivity (Wildman–Crippen MR) is 74.0 cm³/mol. The van der Waals surface area contributed by atoms with E-state index in [9.17, 15) is 9.59 Å². The number of aromatic nitrogens is 2. The maximum Gasteiger partial charge on any atom is 0.330 e. The summed E-state index contributed by atoms with van der Waals surface area (Å²) in [5.74, 6) is 0.442. The Balaban J connectivity index is 2.21. The number of likely N-dealkylation sites (tertiary alicyclic amines) is 1. The van der Waals surface area contributed by atoms with Gasteiger partial charge in [0.1, 0.15) is 0 Å². The second-order valence-electron chi connectivity index (χ2n) is 5.54. The quantitative estimate of drug-likeness (QED) is 0.764. The van der Waals surface area contributed by atoms with E-state index in [0.29, 0.717) is 12.5 Å². The Morgan fingerprint density at radius 1 is 1.32 bits per heavy atom. The van der Waals surface area contributed by atoms with Crippen molar-refractivity contribution in [1.82, 2.24) is 14.0 Å². The average molecular weight is 266 g/mol. The lowest BCUT2D eigenvalue weighted by Gasteiger charge is -2.35. The molecule has 2 unspecified atom stereocenters. The summed E-state index contributed by atoms with van der Waals surface area (Å²) in [7, 11) is 3.20. The van der Waals surface area contributed by atoms with Crippen LogP contribution in [-0.2, 0) is 20.6 Å². The standard InChI is InChI=1S/C13H22N4O2/c1-9-7-17(5-4-11(9)14)8-10-6-12(18)16(3)13(19)15(10)2/h6,9,11H,4-5,7-8,14H2,1-3H3. The van der Waals surface area contributed by atoms with E-state index in [0.717, 1.165) is 29.8 Å². The summed E-state index contributed by atoms with van der Waals surface area (Å²) in [6, 6.07) is 1.80. The molecule has 2 N–H and O–H groups in total. The minimum atomic E-state index is -0.274. The molecule has 0 saturated carbocycles. The number of hydrogen-bond donors (Lipinski definition) is 1. The Kier molecular flexibility index (Phi) is 3.91. The molecule has 2 atom stereocenters. The van der Waals surface area contributed by atoms with Crippen molar-refractivity contribution in [2.24, 2.45) is 25.7 Å². The van der Waals surface area contributed by atoms with E-state index in [2.05, 4.69) is 11.8 Å². The van der Waals surface area contributed by atoms with Gasteiger partial charge in [0, 0.05) is 51.5 Å². The summed E-state index contributed by atoms with van der Waals surface area (Å²) >= 11 is 0. The smallest absolute Gasteiger partial charge is 0.327 e. The van der Waals surface area contributed by atoms with Crippen LogP contribution in [0.3, 0.4) is 0 Å². The molecule has 0 bridgehead atoms. The maximum absolute atomic E-state index is 11.9. The molecule has 0 aliphatic carbocycles. The van der Waals surface area contributed by atoms with Gasteiger partial charge in [-0.05, 0) is 12.3 Å². The van der Waals surface area contributed by atoms with Gasteiger partial charge in [-0.2, -0.15) is 0 Å². The maximum atomic E-state index is 11.9. The first kappa shape index (κ1) is 14.0. The van der Waals surface area contributed by atoms with E-state index in [1.807, 2.05) is 0 Å². The van der Waals surface area contributed by atoms with Crippen molar-refractivity contribution in [2.45, 2.75) is 25.9 Å². The molecular weight excluding hydrogens is 244 g/mol. The summed E-state index contributed by atoms with van der Waals surface area (Å²) < 4.78 is 2.67. The first-order valence-corrected chi connectivity index (χ1v) is 6.64. The van der Waals surface area contributed by atoms with Gasteiger partial charge in [-0.1, -0.05) is 6.92 Å². The SMILES string of the molecule is CC1CN(Cc2cc(=O)n(C)c(=O)n2C)CCC1N. The molecule has 2 heterocycles. The number of hydrogen-bond acceptors (Lipinski definition) is 4. The Morgan fingerprint density at radius 2 is 2.00 bits per heavy atom. The fraction of sp³-hybridized carbons (Fsp3) is 0.692. The minimum Gasteiger partial charge on any atom is -0.327 e. The summed E-state index contributed by atoms with van der Waals surface area (Å²) in [5.41, 5.74) is 6.23. The molecular formula is C13H22N4O2. The van der Waals surface area contributed by atoms with E-state index in [-0.39, 0.29) is 17.3 Å². The van der Waals surface area contributed by atoms with Gasteiger partial charge in [0.2, 0.25) is 0 Å². The average Bonchev–Trinajstić information content (AvgIpc) is 2.38. The van der Waals surface area contributed by atoms with Gasteiger partial charge in [0.05, 0.1) is 0 Å². The normalized spacial score (nSPS) is 24.6. The van der Waals surface area contributed by atoms with Gasteiger partial charge in [-0.25, -0.2) is 4.79 Å². The lowest BCUT2D eigenvalue weighted by molar-refractivity contribution is 0.154. The molecule has 1 aliphatic rings. The van der Waals surface area contributed by atoms with E-state index in [1.165, 1.54) is 7.05 Å². The third-order valence-corrected chi connectivity index (χ3v) is 4.07. The lowest BCUT2D eigenvalue weighted by atomic mass is 9.95. The summed E-state index contributed by atoms with van der Waals surface area (Å²) in [6.45, 7) is 4.58. The third-order valence-electron chi connectivity index (χ3n) is 4.07. The number of nitrogens with zero attached hydrogens (tertiary/aromatic N) is 3.